The first-order chi connectivity index (χ1) is 13.1. The van der Waals surface area contributed by atoms with Crippen molar-refractivity contribution in [2.24, 2.45) is 12.8 Å². The maximum Gasteiger partial charge on any atom is 0.259 e. The van der Waals surface area contributed by atoms with Gasteiger partial charge in [0.2, 0.25) is 0 Å². The van der Waals surface area contributed by atoms with E-state index in [4.69, 9.17) is 15.2 Å². The molecule has 27 heavy (non-hydrogen) atoms. The molecule has 0 radical (unpaired) electrons. The normalized spacial score (nSPS) is 11.0. The van der Waals surface area contributed by atoms with Gasteiger partial charge in [0.15, 0.2) is 0 Å². The number of nitrogens with two attached hydrogens (primary N) is 1. The number of methoxy groups -OCH3 is 2. The van der Waals surface area contributed by atoms with Crippen LogP contribution < -0.4 is 26.1 Å². The molecule has 0 unspecified atom stereocenters. The minimum Gasteiger partial charge on any atom is -0.496 e. The Kier molecular flexibility index (Phi) is 5.73. The van der Waals surface area contributed by atoms with Crippen LogP contribution in [-0.4, -0.2) is 36.9 Å². The van der Waals surface area contributed by atoms with Gasteiger partial charge in [-0.15, -0.1) is 0 Å². The summed E-state index contributed by atoms with van der Waals surface area (Å²) in [4.78, 5) is 16.5. The minimum absolute atomic E-state index is 0.0876. The summed E-state index contributed by atoms with van der Waals surface area (Å²) in [6.07, 6.45) is 5.09. The van der Waals surface area contributed by atoms with Crippen molar-refractivity contribution in [3.8, 4) is 22.6 Å². The van der Waals surface area contributed by atoms with Crippen LogP contribution in [0.5, 0.6) is 11.5 Å². The van der Waals surface area contributed by atoms with Crippen LogP contribution in [0.4, 0.5) is 0 Å². The van der Waals surface area contributed by atoms with E-state index in [0.717, 1.165) is 27.8 Å². The van der Waals surface area contributed by atoms with Crippen LogP contribution in [0.1, 0.15) is 5.56 Å². The van der Waals surface area contributed by atoms with E-state index < -0.39 is 0 Å². The lowest BCUT2D eigenvalue weighted by molar-refractivity contribution is 0.398. The Morgan fingerprint density at radius 3 is 2.63 bits per heavy atom. The Labute approximate surface area is 157 Å². The first kappa shape index (κ1) is 18.9. The minimum atomic E-state index is -0.0876. The number of rotatable bonds is 7. The second-order valence-corrected chi connectivity index (χ2v) is 6.21. The van der Waals surface area contributed by atoms with Gasteiger partial charge in [0.1, 0.15) is 11.5 Å². The Hall–Kier alpha value is -2.90. The van der Waals surface area contributed by atoms with Crippen molar-refractivity contribution in [2.45, 2.75) is 6.54 Å². The fraction of sp³-hybridized carbons (Fsp3) is 0.300. The number of fused-ring (bicyclic) bond motifs is 1. The Balaban J connectivity index is 2.21. The quantitative estimate of drug-likeness (QED) is 0.617. The molecule has 3 rings (SSSR count). The number of aryl methyl sites for hydroxylation is 1. The predicted molar refractivity (Wildman–Crippen MR) is 106 cm³/mol. The largest absolute Gasteiger partial charge is 0.496 e. The second kappa shape index (κ2) is 8.20. The summed E-state index contributed by atoms with van der Waals surface area (Å²) in [5, 5.41) is 4.65. The average Bonchev–Trinajstić information content (AvgIpc) is 2.70. The molecule has 2 heterocycles. The lowest BCUT2D eigenvalue weighted by Gasteiger charge is -2.17. The highest BCUT2D eigenvalue weighted by molar-refractivity contribution is 5.97. The number of pyridine rings is 2. The molecule has 0 amide bonds. The third-order valence-corrected chi connectivity index (χ3v) is 4.51. The molecule has 2 aromatic heterocycles. The van der Waals surface area contributed by atoms with Gasteiger partial charge in [-0.1, -0.05) is 0 Å². The zero-order chi connectivity index (χ0) is 19.4. The number of benzene rings is 1. The third-order valence-electron chi connectivity index (χ3n) is 4.51. The molecule has 0 saturated heterocycles. The SMILES string of the molecule is COc1cc(-c2cn(C)c(=O)c3cnccc23)c(OC)cc1CNCCN. The van der Waals surface area contributed by atoms with Crippen LogP contribution in [0, 0.1) is 0 Å². The van der Waals surface area contributed by atoms with Gasteiger partial charge >= 0.3 is 0 Å². The Morgan fingerprint density at radius 2 is 1.93 bits per heavy atom. The molecule has 0 spiro atoms. The van der Waals surface area contributed by atoms with Gasteiger partial charge in [0, 0.05) is 62.0 Å². The van der Waals surface area contributed by atoms with E-state index in [1.807, 2.05) is 24.4 Å². The highest BCUT2D eigenvalue weighted by Gasteiger charge is 2.16. The van der Waals surface area contributed by atoms with E-state index in [2.05, 4.69) is 10.3 Å². The smallest absolute Gasteiger partial charge is 0.259 e. The average molecular weight is 368 g/mol. The zero-order valence-electron chi connectivity index (χ0n) is 15.8. The van der Waals surface area contributed by atoms with Crippen molar-refractivity contribution < 1.29 is 9.47 Å². The van der Waals surface area contributed by atoms with E-state index in [1.165, 1.54) is 0 Å². The van der Waals surface area contributed by atoms with Crippen molar-refractivity contribution in [2.75, 3.05) is 27.3 Å². The molecule has 0 bridgehead atoms. The molecule has 0 fully saturated rings. The molecule has 142 valence electrons. The van der Waals surface area contributed by atoms with Crippen LogP contribution in [0.15, 0.2) is 41.6 Å². The number of nitrogens with one attached hydrogen (secondary N) is 1. The third kappa shape index (κ3) is 3.65. The van der Waals surface area contributed by atoms with Crippen molar-refractivity contribution >= 4 is 10.8 Å². The molecule has 0 aliphatic carbocycles. The molecule has 0 saturated carbocycles. The van der Waals surface area contributed by atoms with Crippen LogP contribution >= 0.6 is 0 Å². The standard InChI is InChI=1S/C20H24N4O3/c1-24-12-17(14-4-6-22-11-16(14)20(24)25)15-9-18(26-2)13(8-19(15)27-3)10-23-7-5-21/h4,6,8-9,11-12,23H,5,7,10,21H2,1-3H3. The van der Waals surface area contributed by atoms with Crippen LogP contribution in [0.2, 0.25) is 0 Å². The highest BCUT2D eigenvalue weighted by atomic mass is 16.5. The van der Waals surface area contributed by atoms with Gasteiger partial charge in [-0.3, -0.25) is 9.78 Å². The monoisotopic (exact) mass is 368 g/mol. The molecule has 7 nitrogen and oxygen atoms in total. The maximum absolute atomic E-state index is 12.4. The number of aromatic nitrogens is 2. The molecular formula is C20H24N4O3. The summed E-state index contributed by atoms with van der Waals surface area (Å²) in [5.41, 5.74) is 8.17. The molecule has 7 heteroatoms. The number of ether oxygens (including phenoxy) is 2. The van der Waals surface area contributed by atoms with Crippen LogP contribution in [0.3, 0.4) is 0 Å². The second-order valence-electron chi connectivity index (χ2n) is 6.21. The lowest BCUT2D eigenvalue weighted by atomic mass is 9.98. The summed E-state index contributed by atoms with van der Waals surface area (Å²) in [7, 11) is 5.00. The van der Waals surface area contributed by atoms with Crippen LogP contribution in [-0.2, 0) is 13.6 Å². The van der Waals surface area contributed by atoms with Gasteiger partial charge in [-0.05, 0) is 23.6 Å². The van der Waals surface area contributed by atoms with Crippen molar-refractivity contribution in [3.05, 3.63) is 52.7 Å². The van der Waals surface area contributed by atoms with Gasteiger partial charge in [0.05, 0.1) is 19.6 Å². The molecule has 0 atom stereocenters. The summed E-state index contributed by atoms with van der Waals surface area (Å²) in [6, 6.07) is 5.74. The molecule has 1 aromatic carbocycles. The number of hydrogen-bond donors (Lipinski definition) is 2. The van der Waals surface area contributed by atoms with Gasteiger partial charge in [-0.25, -0.2) is 0 Å². The van der Waals surface area contributed by atoms with Crippen molar-refractivity contribution in [3.63, 3.8) is 0 Å². The summed E-state index contributed by atoms with van der Waals surface area (Å²) in [6.45, 7) is 1.90. The Morgan fingerprint density at radius 1 is 1.15 bits per heavy atom. The molecule has 3 N–H and O–H groups in total. The summed E-state index contributed by atoms with van der Waals surface area (Å²) in [5.74, 6) is 1.45. The van der Waals surface area contributed by atoms with E-state index in [9.17, 15) is 4.79 Å². The lowest BCUT2D eigenvalue weighted by Crippen LogP contribution is -2.22. The first-order valence-electron chi connectivity index (χ1n) is 8.70. The van der Waals surface area contributed by atoms with E-state index in [0.29, 0.717) is 30.8 Å². The fourth-order valence-corrected chi connectivity index (χ4v) is 3.16. The number of nitrogens with zero attached hydrogens (tertiary/aromatic N) is 2. The fourth-order valence-electron chi connectivity index (χ4n) is 3.16. The number of hydrogen-bond acceptors (Lipinski definition) is 6. The van der Waals surface area contributed by atoms with Crippen LogP contribution in [0.25, 0.3) is 21.9 Å². The molecule has 0 aliphatic heterocycles. The maximum atomic E-state index is 12.4. The zero-order valence-corrected chi connectivity index (χ0v) is 15.8. The molecule has 3 aromatic rings. The predicted octanol–water partition coefficient (Wildman–Crippen LogP) is 1.67. The van der Waals surface area contributed by atoms with E-state index >= 15 is 0 Å². The highest BCUT2D eigenvalue weighted by Crippen LogP contribution is 2.38. The molecule has 0 aliphatic rings. The topological polar surface area (TPSA) is 91.4 Å². The summed E-state index contributed by atoms with van der Waals surface area (Å²) < 4.78 is 12.8. The van der Waals surface area contributed by atoms with Crippen molar-refractivity contribution in [1.29, 1.82) is 0 Å². The van der Waals surface area contributed by atoms with Gasteiger partial charge in [0.25, 0.3) is 5.56 Å². The van der Waals surface area contributed by atoms with Crippen molar-refractivity contribution in [1.82, 2.24) is 14.9 Å². The molecular weight excluding hydrogens is 344 g/mol. The van der Waals surface area contributed by atoms with Gasteiger partial charge in [-0.2, -0.15) is 0 Å². The first-order valence-corrected chi connectivity index (χ1v) is 8.70. The van der Waals surface area contributed by atoms with Gasteiger partial charge < -0.3 is 25.1 Å². The Bertz CT molecular complexity index is 1010. The van der Waals surface area contributed by atoms with E-state index in [-0.39, 0.29) is 5.56 Å². The van der Waals surface area contributed by atoms with E-state index in [1.54, 1.807) is 38.2 Å². The summed E-state index contributed by atoms with van der Waals surface area (Å²) >= 11 is 0.